The van der Waals surface area contributed by atoms with E-state index in [1.807, 2.05) is 55.7 Å². The molecule has 4 N–H and O–H groups in total. The molecule has 2 unspecified atom stereocenters. The van der Waals surface area contributed by atoms with E-state index in [4.69, 9.17) is 58.5 Å². The van der Waals surface area contributed by atoms with Gasteiger partial charge in [-0.05, 0) is 48.6 Å². The molecule has 3 aromatic rings. The Bertz CT molecular complexity index is 2520. The zero-order valence-electron chi connectivity index (χ0n) is 48.5. The minimum atomic E-state index is -5.08. The number of nitrogens with zero attached hydrogens (tertiary/aromatic N) is 4. The summed E-state index contributed by atoms with van der Waals surface area (Å²) in [5.41, 5.74) is 6.45. The van der Waals surface area contributed by atoms with Gasteiger partial charge in [0.15, 0.2) is 0 Å². The number of hydrogen-bond donors (Lipinski definition) is 3. The van der Waals surface area contributed by atoms with Gasteiger partial charge >= 0.3 is 12.1 Å². The number of nitrogens with two attached hydrogens (primary N) is 1. The highest BCUT2D eigenvalue weighted by molar-refractivity contribution is 7.85. The number of imide groups is 1. The van der Waals surface area contributed by atoms with Gasteiger partial charge in [-0.25, -0.2) is 18.6 Å². The van der Waals surface area contributed by atoms with Crippen molar-refractivity contribution in [2.45, 2.75) is 71.6 Å². The van der Waals surface area contributed by atoms with Crippen LogP contribution in [-0.4, -0.2) is 214 Å². The third-order valence-corrected chi connectivity index (χ3v) is 13.3. The van der Waals surface area contributed by atoms with E-state index in [1.54, 1.807) is 11.1 Å². The average Bonchev–Trinajstić information content (AvgIpc) is 2.38. The number of nitrogens with one attached hydrogen (secondary N) is 1. The number of carbonyl (C=O) groups excluding carboxylic acids is 5. The minimum absolute atomic E-state index is 0.00877. The number of ether oxygens (including phenoxy) is 8. The standard InChI is InChI=1S/C55H80F2N6O14S.C2HF3O2/c1-55(2,3)53(54-60-48(46-39-44(56)12-13-47(46)57)41-61(54)40-43-9-5-4-6-10-43)63(20-8-18-58)52(68)42-78(69)38-19-59-49(65)17-23-71-25-27-73-29-31-75-33-35-77-37-36-76-34-32-74-30-28-72-26-24-70-22-7-11-45(64)16-21-62-50(66)14-15-51(62)67;3-2(4,5)1(6)7/h4-6,9-10,12-15,39,41,53H,7-8,11,16-38,40,42,58H2,1-3H3,(H,59,65);(H,6,7). The van der Waals surface area contributed by atoms with E-state index in [9.17, 15) is 45.7 Å². The average molecular weight is 1230 g/mol. The third-order valence-electron chi connectivity index (χ3n) is 12.0. The van der Waals surface area contributed by atoms with E-state index in [-0.39, 0.29) is 97.9 Å². The monoisotopic (exact) mass is 1230 g/mol. The second kappa shape index (κ2) is 41.2. The third kappa shape index (κ3) is 30.8. The number of imidazole rings is 1. The number of benzene rings is 2. The van der Waals surface area contributed by atoms with Crippen molar-refractivity contribution in [2.75, 3.05) is 143 Å². The molecule has 2 atom stereocenters. The number of carboxylic acids is 1. The molecular weight excluding hydrogens is 1150 g/mol. The lowest BCUT2D eigenvalue weighted by Gasteiger charge is -2.40. The molecule has 2 aromatic carbocycles. The van der Waals surface area contributed by atoms with Gasteiger partial charge in [0.05, 0.1) is 111 Å². The molecule has 1 aromatic heterocycles. The fourth-order valence-corrected chi connectivity index (χ4v) is 8.82. The summed E-state index contributed by atoms with van der Waals surface area (Å²) in [6.07, 6.45) is 0.555. The molecule has 476 valence electrons. The van der Waals surface area contributed by atoms with Crippen LogP contribution in [0.15, 0.2) is 66.9 Å². The predicted molar refractivity (Wildman–Crippen MR) is 301 cm³/mol. The van der Waals surface area contributed by atoms with Crippen LogP contribution in [0.3, 0.4) is 0 Å². The number of alkyl halides is 3. The van der Waals surface area contributed by atoms with Gasteiger partial charge in [-0.2, -0.15) is 13.2 Å². The van der Waals surface area contributed by atoms with Crippen molar-refractivity contribution in [2.24, 2.45) is 11.1 Å². The van der Waals surface area contributed by atoms with Crippen molar-refractivity contribution in [1.29, 1.82) is 0 Å². The lowest BCUT2D eigenvalue weighted by Crippen LogP contribution is -2.45. The molecule has 1 aliphatic heterocycles. The number of Topliss-reactive ketones (excluding diaryl/α,β-unsaturated/α-hetero) is 1. The van der Waals surface area contributed by atoms with Crippen molar-refractivity contribution in [3.8, 4) is 11.3 Å². The number of aliphatic carboxylic acids is 1. The van der Waals surface area contributed by atoms with Gasteiger partial charge in [-0.15, -0.1) is 0 Å². The van der Waals surface area contributed by atoms with Crippen LogP contribution in [0, 0.1) is 17.0 Å². The van der Waals surface area contributed by atoms with Crippen LogP contribution in [0.1, 0.15) is 70.3 Å². The summed E-state index contributed by atoms with van der Waals surface area (Å²) in [4.78, 5) is 78.1. The Morgan fingerprint density at radius 3 is 1.72 bits per heavy atom. The van der Waals surface area contributed by atoms with Gasteiger partial charge in [-0.1, -0.05) is 51.1 Å². The highest BCUT2D eigenvalue weighted by atomic mass is 32.2. The highest BCUT2D eigenvalue weighted by Gasteiger charge is 2.39. The Morgan fingerprint density at radius 2 is 1.22 bits per heavy atom. The molecule has 28 heteroatoms. The number of amides is 4. The lowest BCUT2D eigenvalue weighted by atomic mass is 9.84. The molecular formula is C57H81F5N6O16S. The number of carbonyl (C=O) groups is 6. The zero-order valence-corrected chi connectivity index (χ0v) is 49.3. The topological polar surface area (TPSA) is 276 Å². The van der Waals surface area contributed by atoms with E-state index >= 15 is 4.39 Å². The zero-order chi connectivity index (χ0) is 62.5. The first-order valence-electron chi connectivity index (χ1n) is 27.8. The number of halogens is 5. The van der Waals surface area contributed by atoms with E-state index in [2.05, 4.69) is 5.32 Å². The van der Waals surface area contributed by atoms with Gasteiger partial charge in [0.1, 0.15) is 29.0 Å². The Labute approximate surface area is 494 Å². The normalized spacial score (nSPS) is 13.2. The van der Waals surface area contributed by atoms with Gasteiger partial charge in [-0.3, -0.25) is 33.1 Å². The van der Waals surface area contributed by atoms with Crippen LogP contribution in [0.2, 0.25) is 0 Å². The summed E-state index contributed by atoms with van der Waals surface area (Å²) in [7, 11) is -1.63. The molecule has 0 bridgehead atoms. The summed E-state index contributed by atoms with van der Waals surface area (Å²) in [6, 6.07) is 12.1. The van der Waals surface area contributed by atoms with Crippen LogP contribution in [0.5, 0.6) is 0 Å². The second-order valence-corrected chi connectivity index (χ2v) is 21.4. The van der Waals surface area contributed by atoms with E-state index in [0.717, 1.165) is 28.7 Å². The summed E-state index contributed by atoms with van der Waals surface area (Å²) in [6.45, 7) is 13.0. The molecule has 85 heavy (non-hydrogen) atoms. The maximum Gasteiger partial charge on any atom is 0.490 e. The molecule has 0 aliphatic carbocycles. The molecule has 0 radical (unpaired) electrons. The van der Waals surface area contributed by atoms with Crippen molar-refractivity contribution < 1.29 is 97.9 Å². The van der Waals surface area contributed by atoms with Crippen LogP contribution >= 0.6 is 0 Å². The highest BCUT2D eigenvalue weighted by Crippen LogP contribution is 2.39. The van der Waals surface area contributed by atoms with Gasteiger partial charge in [0, 0.05) is 92.5 Å². The molecule has 0 fully saturated rings. The van der Waals surface area contributed by atoms with Crippen LogP contribution < -0.4 is 11.1 Å². The maximum atomic E-state index is 15.1. The minimum Gasteiger partial charge on any atom is -0.475 e. The fraction of sp³-hybridized carbons (Fsp3) is 0.596. The Morgan fingerprint density at radius 1 is 0.718 bits per heavy atom. The molecule has 1 aliphatic rings. The quantitative estimate of drug-likeness (QED) is 0.0389. The molecule has 0 spiro atoms. The Kier molecular flexibility index (Phi) is 35.5. The predicted octanol–water partition coefficient (Wildman–Crippen LogP) is 4.83. The molecule has 4 amide bonds. The molecule has 2 heterocycles. The molecule has 22 nitrogen and oxygen atoms in total. The molecule has 0 saturated carbocycles. The first kappa shape index (κ1) is 73.3. The molecule has 0 saturated heterocycles. The van der Waals surface area contributed by atoms with Crippen molar-refractivity contribution in [3.63, 3.8) is 0 Å². The van der Waals surface area contributed by atoms with Crippen molar-refractivity contribution in [3.05, 3.63) is 89.9 Å². The van der Waals surface area contributed by atoms with Crippen LogP contribution in [0.4, 0.5) is 22.0 Å². The number of hydrogen-bond acceptors (Lipinski definition) is 17. The fourth-order valence-electron chi connectivity index (χ4n) is 7.91. The number of ketones is 1. The SMILES string of the molecule is CC(C)(C)C(c1nc(-c2cc(F)ccc2F)cn1Cc1ccccc1)N(CCCN)C(=O)CS(=O)CCNC(=O)CCOCCOCCOCCOCCOCCOCCOCCOCCCC(=O)CCN1C(=O)C=CC1=O.O=C(O)C(F)(F)F. The van der Waals surface area contributed by atoms with Gasteiger partial charge < -0.3 is 63.5 Å². The summed E-state index contributed by atoms with van der Waals surface area (Å²) < 4.78 is 120. The number of aromatic nitrogens is 2. The first-order chi connectivity index (χ1) is 40.6. The number of rotatable bonds is 44. The van der Waals surface area contributed by atoms with Gasteiger partial charge in [0.2, 0.25) is 11.8 Å². The summed E-state index contributed by atoms with van der Waals surface area (Å²) in [5, 5.41) is 9.87. The van der Waals surface area contributed by atoms with Crippen molar-refractivity contribution in [1.82, 2.24) is 24.7 Å². The Hall–Kier alpha value is -5.95. The van der Waals surface area contributed by atoms with Crippen LogP contribution in [0.25, 0.3) is 11.3 Å². The maximum absolute atomic E-state index is 15.1. The van der Waals surface area contributed by atoms with E-state index < -0.39 is 46.0 Å². The lowest BCUT2D eigenvalue weighted by molar-refractivity contribution is -0.192. The van der Waals surface area contributed by atoms with Gasteiger partial charge in [0.25, 0.3) is 11.8 Å². The van der Waals surface area contributed by atoms with Crippen LogP contribution in [-0.2, 0) is 84.0 Å². The van der Waals surface area contributed by atoms with Crippen molar-refractivity contribution >= 4 is 46.2 Å². The number of carboxylic acid groups (broad SMARTS) is 1. The summed E-state index contributed by atoms with van der Waals surface area (Å²) in [5.74, 6) is -5.26. The smallest absolute Gasteiger partial charge is 0.475 e. The summed E-state index contributed by atoms with van der Waals surface area (Å²) >= 11 is 0. The van der Waals surface area contributed by atoms with E-state index in [0.29, 0.717) is 131 Å². The largest absolute Gasteiger partial charge is 0.490 e. The van der Waals surface area contributed by atoms with E-state index in [1.165, 1.54) is 12.2 Å². The Balaban J connectivity index is 0.00000253. The molecule has 4 rings (SSSR count). The second-order valence-electron chi connectivity index (χ2n) is 19.9. The first-order valence-corrected chi connectivity index (χ1v) is 29.3.